The first-order valence-corrected chi connectivity index (χ1v) is 12.2. The zero-order chi connectivity index (χ0) is 23.6. The molecular formula is C25H37N5O3. The highest BCUT2D eigenvalue weighted by Gasteiger charge is 2.54. The summed E-state index contributed by atoms with van der Waals surface area (Å²) in [4.78, 5) is 47.0. The molecule has 3 fully saturated rings. The summed E-state index contributed by atoms with van der Waals surface area (Å²) in [5, 5.41) is 3.02. The number of carbonyl (C=O) groups excluding carboxylic acids is 3. The second-order valence-electron chi connectivity index (χ2n) is 10.5. The van der Waals surface area contributed by atoms with E-state index in [0.717, 1.165) is 38.0 Å². The molecule has 0 radical (unpaired) electrons. The predicted octanol–water partition coefficient (Wildman–Crippen LogP) is 2.65. The smallest absolute Gasteiger partial charge is 0.317 e. The van der Waals surface area contributed by atoms with Crippen molar-refractivity contribution in [2.75, 3.05) is 44.3 Å². The van der Waals surface area contributed by atoms with Gasteiger partial charge < -0.3 is 24.9 Å². The van der Waals surface area contributed by atoms with Gasteiger partial charge in [-0.2, -0.15) is 0 Å². The summed E-state index contributed by atoms with van der Waals surface area (Å²) in [5.74, 6) is 0.0442. The monoisotopic (exact) mass is 455 g/mol. The summed E-state index contributed by atoms with van der Waals surface area (Å²) in [5.41, 5.74) is -0.0505. The highest BCUT2D eigenvalue weighted by Crippen LogP contribution is 2.39. The molecule has 4 rings (SSSR count). The first kappa shape index (κ1) is 23.4. The molecule has 0 bridgehead atoms. The van der Waals surface area contributed by atoms with Gasteiger partial charge in [-0.05, 0) is 65.0 Å². The number of nitrogens with zero attached hydrogens (tertiary/aromatic N) is 4. The summed E-state index contributed by atoms with van der Waals surface area (Å²) < 4.78 is 0. The topological polar surface area (TPSA) is 76.2 Å². The van der Waals surface area contributed by atoms with E-state index in [2.05, 4.69) is 10.2 Å². The molecule has 3 heterocycles. The van der Waals surface area contributed by atoms with Crippen LogP contribution in [0, 0.1) is 0 Å². The SMILES string of the molecule is CC(C)(C)NC(=O)N1CCC2(CC1)C(=O)N(CC(=O)N1CCCCC1)CN2c1ccccc1. The van der Waals surface area contributed by atoms with Crippen LogP contribution in [0.3, 0.4) is 0 Å². The average molecular weight is 456 g/mol. The van der Waals surface area contributed by atoms with Crippen LogP contribution in [0.1, 0.15) is 52.9 Å². The quantitative estimate of drug-likeness (QED) is 0.760. The van der Waals surface area contributed by atoms with Crippen LogP contribution in [0.25, 0.3) is 0 Å². The number of rotatable bonds is 3. The number of piperidine rings is 2. The summed E-state index contributed by atoms with van der Waals surface area (Å²) in [6, 6.07) is 9.85. The van der Waals surface area contributed by atoms with Gasteiger partial charge in [0.25, 0.3) is 5.91 Å². The number of carbonyl (C=O) groups is 3. The molecule has 0 aliphatic carbocycles. The minimum Gasteiger partial charge on any atom is -0.341 e. The molecule has 33 heavy (non-hydrogen) atoms. The molecule has 1 aromatic rings. The number of urea groups is 1. The van der Waals surface area contributed by atoms with E-state index in [1.165, 1.54) is 0 Å². The Morgan fingerprint density at radius 1 is 0.939 bits per heavy atom. The van der Waals surface area contributed by atoms with Crippen molar-refractivity contribution in [3.05, 3.63) is 30.3 Å². The molecule has 0 aromatic heterocycles. The van der Waals surface area contributed by atoms with Gasteiger partial charge in [0.05, 0.1) is 6.67 Å². The first-order valence-electron chi connectivity index (χ1n) is 12.2. The van der Waals surface area contributed by atoms with E-state index in [4.69, 9.17) is 0 Å². The molecule has 0 atom stereocenters. The van der Waals surface area contributed by atoms with Crippen LogP contribution in [-0.4, -0.2) is 83.0 Å². The summed E-state index contributed by atoms with van der Waals surface area (Å²) in [7, 11) is 0. The van der Waals surface area contributed by atoms with Crippen LogP contribution in [0.15, 0.2) is 30.3 Å². The molecule has 4 amide bonds. The maximum atomic E-state index is 13.8. The molecule has 180 valence electrons. The number of anilines is 1. The largest absolute Gasteiger partial charge is 0.341 e. The fourth-order valence-corrected chi connectivity index (χ4v) is 5.21. The fraction of sp³-hybridized carbons (Fsp3) is 0.640. The van der Waals surface area contributed by atoms with Crippen molar-refractivity contribution in [2.24, 2.45) is 0 Å². The van der Waals surface area contributed by atoms with Crippen LogP contribution < -0.4 is 10.2 Å². The van der Waals surface area contributed by atoms with Crippen LogP contribution in [-0.2, 0) is 9.59 Å². The molecule has 3 aliphatic rings. The van der Waals surface area contributed by atoms with Crippen molar-refractivity contribution in [1.29, 1.82) is 0 Å². The highest BCUT2D eigenvalue weighted by atomic mass is 16.2. The Balaban J connectivity index is 1.51. The molecular weight excluding hydrogens is 418 g/mol. The van der Waals surface area contributed by atoms with Crippen LogP contribution in [0.4, 0.5) is 10.5 Å². The Kier molecular flexibility index (Phi) is 6.54. The van der Waals surface area contributed by atoms with Crippen LogP contribution in [0.5, 0.6) is 0 Å². The first-order chi connectivity index (χ1) is 15.7. The van der Waals surface area contributed by atoms with Gasteiger partial charge in [0.2, 0.25) is 5.91 Å². The molecule has 0 unspecified atom stereocenters. The van der Waals surface area contributed by atoms with Crippen LogP contribution >= 0.6 is 0 Å². The van der Waals surface area contributed by atoms with Crippen molar-refractivity contribution in [1.82, 2.24) is 20.0 Å². The molecule has 1 spiro atoms. The van der Waals surface area contributed by atoms with Crippen molar-refractivity contribution in [2.45, 2.75) is 64.0 Å². The summed E-state index contributed by atoms with van der Waals surface area (Å²) in [6.45, 7) is 8.99. The summed E-state index contributed by atoms with van der Waals surface area (Å²) in [6.07, 6.45) is 4.33. The predicted molar refractivity (Wildman–Crippen MR) is 128 cm³/mol. The lowest BCUT2D eigenvalue weighted by molar-refractivity contribution is -0.141. The number of hydrogen-bond donors (Lipinski definition) is 1. The van der Waals surface area contributed by atoms with Gasteiger partial charge in [-0.3, -0.25) is 9.59 Å². The minimum atomic E-state index is -0.720. The van der Waals surface area contributed by atoms with Crippen molar-refractivity contribution < 1.29 is 14.4 Å². The van der Waals surface area contributed by atoms with Gasteiger partial charge in [-0.25, -0.2) is 4.79 Å². The third-order valence-electron chi connectivity index (χ3n) is 6.98. The van der Waals surface area contributed by atoms with E-state index in [9.17, 15) is 14.4 Å². The number of benzene rings is 1. The Bertz CT molecular complexity index is 868. The summed E-state index contributed by atoms with van der Waals surface area (Å²) >= 11 is 0. The zero-order valence-electron chi connectivity index (χ0n) is 20.2. The van der Waals surface area contributed by atoms with Crippen LogP contribution in [0.2, 0.25) is 0 Å². The van der Waals surface area contributed by atoms with Gasteiger partial charge in [0.1, 0.15) is 12.1 Å². The Labute approximate surface area is 196 Å². The second kappa shape index (κ2) is 9.23. The lowest BCUT2D eigenvalue weighted by Crippen LogP contribution is -2.59. The molecule has 1 aromatic carbocycles. The van der Waals surface area contributed by atoms with Gasteiger partial charge in [-0.1, -0.05) is 18.2 Å². The Morgan fingerprint density at radius 3 is 2.18 bits per heavy atom. The van der Waals surface area contributed by atoms with E-state index in [1.54, 1.807) is 9.80 Å². The molecule has 1 N–H and O–H groups in total. The van der Waals surface area contributed by atoms with Gasteiger partial charge in [0.15, 0.2) is 0 Å². The van der Waals surface area contributed by atoms with Gasteiger partial charge >= 0.3 is 6.03 Å². The maximum Gasteiger partial charge on any atom is 0.317 e. The van der Waals surface area contributed by atoms with E-state index in [0.29, 0.717) is 32.6 Å². The third kappa shape index (κ3) is 4.94. The van der Waals surface area contributed by atoms with Crippen molar-refractivity contribution in [3.63, 3.8) is 0 Å². The van der Waals surface area contributed by atoms with E-state index < -0.39 is 5.54 Å². The number of para-hydroxylation sites is 1. The van der Waals surface area contributed by atoms with Gasteiger partial charge in [-0.15, -0.1) is 0 Å². The number of amides is 4. The highest BCUT2D eigenvalue weighted by molar-refractivity contribution is 5.96. The lowest BCUT2D eigenvalue weighted by Gasteiger charge is -2.43. The zero-order valence-corrected chi connectivity index (χ0v) is 20.2. The molecule has 3 aliphatic heterocycles. The van der Waals surface area contributed by atoms with Crippen molar-refractivity contribution >= 4 is 23.5 Å². The normalized spacial score (nSPS) is 21.0. The molecule has 8 heteroatoms. The standard InChI is InChI=1S/C25H37N5O3/c1-24(2,3)26-23(33)28-16-12-25(13-17-28)22(32)29(18-21(31)27-14-8-5-9-15-27)19-30(25)20-10-6-4-7-11-20/h4,6-7,10-11H,5,8-9,12-19H2,1-3H3,(H,26,33). The molecule has 3 saturated heterocycles. The molecule has 8 nitrogen and oxygen atoms in total. The lowest BCUT2D eigenvalue weighted by atomic mass is 9.85. The Morgan fingerprint density at radius 2 is 1.58 bits per heavy atom. The van der Waals surface area contributed by atoms with E-state index in [1.807, 2.05) is 56.0 Å². The number of likely N-dealkylation sites (tertiary alicyclic amines) is 2. The van der Waals surface area contributed by atoms with Crippen molar-refractivity contribution in [3.8, 4) is 0 Å². The number of nitrogens with one attached hydrogen (secondary N) is 1. The second-order valence-corrected chi connectivity index (χ2v) is 10.5. The molecule has 0 saturated carbocycles. The third-order valence-corrected chi connectivity index (χ3v) is 6.98. The van der Waals surface area contributed by atoms with E-state index >= 15 is 0 Å². The van der Waals surface area contributed by atoms with E-state index in [-0.39, 0.29) is 29.9 Å². The minimum absolute atomic E-state index is 0.00703. The average Bonchev–Trinajstić information content (AvgIpc) is 3.05. The van der Waals surface area contributed by atoms with Gasteiger partial charge in [0, 0.05) is 37.4 Å². The maximum absolute atomic E-state index is 13.8. The number of hydrogen-bond acceptors (Lipinski definition) is 4. The Hall–Kier alpha value is -2.77. The fourth-order valence-electron chi connectivity index (χ4n) is 5.21.